The van der Waals surface area contributed by atoms with Crippen LogP contribution in [-0.4, -0.2) is 42.6 Å². The normalized spacial score (nSPS) is 18.6. The van der Waals surface area contributed by atoms with Crippen molar-refractivity contribution in [3.05, 3.63) is 46.9 Å². The maximum atomic E-state index is 12.7. The minimum atomic E-state index is -0.440. The SMILES string of the molecule is CC.CC1(n2c(=O)[nH]c3cc(C#N)cnc32)CCN(c2ncnc3[nH]ccc23)C1. The van der Waals surface area contributed by atoms with Crippen LogP contribution in [0.25, 0.3) is 22.2 Å². The summed E-state index contributed by atoms with van der Waals surface area (Å²) in [6.07, 6.45) is 5.67. The van der Waals surface area contributed by atoms with Gasteiger partial charge in [-0.2, -0.15) is 5.26 Å². The number of nitrogens with zero attached hydrogens (tertiary/aromatic N) is 6. The molecule has 0 bridgehead atoms. The van der Waals surface area contributed by atoms with Gasteiger partial charge in [-0.25, -0.2) is 19.7 Å². The van der Waals surface area contributed by atoms with Crippen molar-refractivity contribution < 1.29 is 0 Å². The quantitative estimate of drug-likeness (QED) is 0.543. The first-order chi connectivity index (χ1) is 14.1. The van der Waals surface area contributed by atoms with Crippen LogP contribution in [-0.2, 0) is 5.54 Å². The van der Waals surface area contributed by atoms with Crippen molar-refractivity contribution in [3.63, 3.8) is 0 Å². The number of imidazole rings is 1. The fourth-order valence-electron chi connectivity index (χ4n) is 3.98. The van der Waals surface area contributed by atoms with E-state index < -0.39 is 5.54 Å². The van der Waals surface area contributed by atoms with Gasteiger partial charge in [-0.1, -0.05) is 13.8 Å². The summed E-state index contributed by atoms with van der Waals surface area (Å²) in [6.45, 7) is 7.44. The molecule has 1 unspecified atom stereocenters. The highest BCUT2D eigenvalue weighted by Gasteiger charge is 2.39. The van der Waals surface area contributed by atoms with Crippen LogP contribution in [0.3, 0.4) is 0 Å². The Bertz CT molecular complexity index is 1280. The van der Waals surface area contributed by atoms with Crippen molar-refractivity contribution in [2.45, 2.75) is 32.7 Å². The van der Waals surface area contributed by atoms with Crippen LogP contribution >= 0.6 is 0 Å². The molecule has 0 spiro atoms. The lowest BCUT2D eigenvalue weighted by Crippen LogP contribution is -2.40. The number of fused-ring (bicyclic) bond motifs is 2. The number of hydrogen-bond acceptors (Lipinski definition) is 6. The molecule has 1 atom stereocenters. The van der Waals surface area contributed by atoms with Crippen molar-refractivity contribution in [1.29, 1.82) is 5.26 Å². The van der Waals surface area contributed by atoms with E-state index in [2.05, 4.69) is 42.8 Å². The Morgan fingerprint density at radius 1 is 1.28 bits per heavy atom. The lowest BCUT2D eigenvalue weighted by Gasteiger charge is -2.26. The third-order valence-electron chi connectivity index (χ3n) is 5.28. The molecule has 29 heavy (non-hydrogen) atoms. The fourth-order valence-corrected chi connectivity index (χ4v) is 3.98. The largest absolute Gasteiger partial charge is 0.354 e. The lowest BCUT2D eigenvalue weighted by atomic mass is 10.0. The summed E-state index contributed by atoms with van der Waals surface area (Å²) in [5, 5.41) is 10.0. The number of pyridine rings is 1. The maximum absolute atomic E-state index is 12.7. The second-order valence-electron chi connectivity index (χ2n) is 7.08. The number of H-pyrrole nitrogens is 2. The van der Waals surface area contributed by atoms with Crippen molar-refractivity contribution in [3.8, 4) is 6.07 Å². The van der Waals surface area contributed by atoms with Crippen molar-refractivity contribution >= 4 is 28.0 Å². The molecule has 1 saturated heterocycles. The highest BCUT2D eigenvalue weighted by atomic mass is 16.1. The minimum absolute atomic E-state index is 0.216. The Balaban J connectivity index is 0.000000994. The molecular weight excluding hydrogens is 368 g/mol. The minimum Gasteiger partial charge on any atom is -0.354 e. The molecule has 0 aliphatic carbocycles. The first-order valence-corrected chi connectivity index (χ1v) is 9.63. The average Bonchev–Trinajstić information content (AvgIpc) is 3.45. The van der Waals surface area contributed by atoms with E-state index in [9.17, 15) is 4.79 Å². The van der Waals surface area contributed by atoms with Crippen molar-refractivity contribution in [1.82, 2.24) is 29.5 Å². The zero-order chi connectivity index (χ0) is 20.6. The smallest absolute Gasteiger partial charge is 0.328 e. The van der Waals surface area contributed by atoms with Crippen molar-refractivity contribution in [2.75, 3.05) is 18.0 Å². The van der Waals surface area contributed by atoms with Crippen LogP contribution in [0.5, 0.6) is 0 Å². The summed E-state index contributed by atoms with van der Waals surface area (Å²) in [5.41, 5.74) is 1.70. The molecule has 2 N–H and O–H groups in total. The molecule has 4 aromatic heterocycles. The summed E-state index contributed by atoms with van der Waals surface area (Å²) in [6, 6.07) is 5.67. The zero-order valence-corrected chi connectivity index (χ0v) is 16.6. The second kappa shape index (κ2) is 7.05. The van der Waals surface area contributed by atoms with Gasteiger partial charge in [-0.05, 0) is 25.5 Å². The molecule has 1 fully saturated rings. The Kier molecular flexibility index (Phi) is 4.54. The third-order valence-corrected chi connectivity index (χ3v) is 5.28. The van der Waals surface area contributed by atoms with Gasteiger partial charge in [-0.15, -0.1) is 0 Å². The number of aromatic nitrogens is 6. The molecule has 0 amide bonds. The highest BCUT2D eigenvalue weighted by molar-refractivity contribution is 5.87. The van der Waals surface area contributed by atoms with Gasteiger partial charge in [0.15, 0.2) is 5.65 Å². The Labute approximate surface area is 167 Å². The molecule has 1 aliphatic rings. The van der Waals surface area contributed by atoms with E-state index in [-0.39, 0.29) is 5.69 Å². The molecule has 9 nitrogen and oxygen atoms in total. The van der Waals surface area contributed by atoms with Crippen LogP contribution in [0.4, 0.5) is 5.82 Å². The topological polar surface area (TPSA) is 119 Å². The van der Waals surface area contributed by atoms with E-state index in [1.54, 1.807) is 17.0 Å². The van der Waals surface area contributed by atoms with Gasteiger partial charge in [0.1, 0.15) is 23.9 Å². The first kappa shape index (κ1) is 18.7. The first-order valence-electron chi connectivity index (χ1n) is 9.63. The van der Waals surface area contributed by atoms with E-state index in [0.29, 0.717) is 23.3 Å². The predicted molar refractivity (Wildman–Crippen MR) is 111 cm³/mol. The molecule has 0 radical (unpaired) electrons. The zero-order valence-electron chi connectivity index (χ0n) is 16.6. The van der Waals surface area contributed by atoms with Crippen LogP contribution in [0.1, 0.15) is 32.8 Å². The second-order valence-corrected chi connectivity index (χ2v) is 7.08. The summed E-state index contributed by atoms with van der Waals surface area (Å²) in [7, 11) is 0. The van der Waals surface area contributed by atoms with Gasteiger partial charge in [0, 0.05) is 25.5 Å². The standard InChI is InChI=1S/C18H16N8O.C2H6/c1-18(26-16-13(24-17(26)27)6-11(7-19)8-21-16)3-5-25(9-18)15-12-2-4-20-14(12)22-10-23-15;1-2/h2,4,6,8,10H,3,5,9H2,1H3,(H,24,27)(H,20,22,23);1-2H3. The number of hydrogen-bond donors (Lipinski definition) is 2. The molecule has 0 saturated carbocycles. The van der Waals surface area contributed by atoms with Crippen molar-refractivity contribution in [2.24, 2.45) is 0 Å². The molecule has 5 rings (SSSR count). The van der Waals surface area contributed by atoms with Gasteiger partial charge < -0.3 is 14.9 Å². The summed E-state index contributed by atoms with van der Waals surface area (Å²) in [4.78, 5) is 33.8. The third kappa shape index (κ3) is 2.93. The van der Waals surface area contributed by atoms with E-state index in [1.165, 1.54) is 6.20 Å². The number of nitrogens with one attached hydrogen (secondary N) is 2. The van der Waals surface area contributed by atoms with Crippen LogP contribution in [0.15, 0.2) is 35.6 Å². The predicted octanol–water partition coefficient (Wildman–Crippen LogP) is 2.52. The number of anilines is 1. The molecule has 1 aliphatic heterocycles. The number of rotatable bonds is 2. The summed E-state index contributed by atoms with van der Waals surface area (Å²) in [5.74, 6) is 0.859. The van der Waals surface area contributed by atoms with Crippen LogP contribution in [0, 0.1) is 11.3 Å². The number of aromatic amines is 2. The molecule has 9 heteroatoms. The maximum Gasteiger partial charge on any atom is 0.328 e. The molecule has 0 aromatic carbocycles. The molecule has 5 heterocycles. The van der Waals surface area contributed by atoms with Gasteiger partial charge in [-0.3, -0.25) is 4.57 Å². The average molecular weight is 390 g/mol. The van der Waals surface area contributed by atoms with Gasteiger partial charge in [0.2, 0.25) is 0 Å². The van der Waals surface area contributed by atoms with Gasteiger partial charge in [0.05, 0.1) is 22.0 Å². The molecular formula is C20H22N8O. The summed E-state index contributed by atoms with van der Waals surface area (Å²) >= 11 is 0. The lowest BCUT2D eigenvalue weighted by molar-refractivity contribution is 0.357. The van der Waals surface area contributed by atoms with Crippen LogP contribution in [0.2, 0.25) is 0 Å². The van der Waals surface area contributed by atoms with Gasteiger partial charge in [0.25, 0.3) is 0 Å². The monoisotopic (exact) mass is 390 g/mol. The van der Waals surface area contributed by atoms with E-state index >= 15 is 0 Å². The highest BCUT2D eigenvalue weighted by Crippen LogP contribution is 2.34. The Hall–Kier alpha value is -3.67. The fraction of sp³-hybridized carbons (Fsp3) is 0.350. The van der Waals surface area contributed by atoms with Gasteiger partial charge >= 0.3 is 5.69 Å². The Morgan fingerprint density at radius 3 is 2.90 bits per heavy atom. The van der Waals surface area contributed by atoms with E-state index in [1.807, 2.05) is 26.1 Å². The molecule has 148 valence electrons. The van der Waals surface area contributed by atoms with Crippen LogP contribution < -0.4 is 10.6 Å². The Morgan fingerprint density at radius 2 is 2.10 bits per heavy atom. The molecule has 4 aromatic rings. The number of nitriles is 1. The summed E-state index contributed by atoms with van der Waals surface area (Å²) < 4.78 is 1.71. The van der Waals surface area contributed by atoms with E-state index in [4.69, 9.17) is 5.26 Å². The van der Waals surface area contributed by atoms with E-state index in [0.717, 1.165) is 29.8 Å².